The van der Waals surface area contributed by atoms with Crippen molar-refractivity contribution in [2.45, 2.75) is 39.7 Å². The Morgan fingerprint density at radius 3 is 2.72 bits per heavy atom. The van der Waals surface area contributed by atoms with E-state index in [2.05, 4.69) is 29.2 Å². The van der Waals surface area contributed by atoms with Gasteiger partial charge in [-0.3, -0.25) is 9.48 Å². The summed E-state index contributed by atoms with van der Waals surface area (Å²) in [6, 6.07) is 3.74. The number of likely N-dealkylation sites (tertiary alicyclic amines) is 1. The van der Waals surface area contributed by atoms with E-state index in [0.717, 1.165) is 43.9 Å². The van der Waals surface area contributed by atoms with Gasteiger partial charge in [-0.1, -0.05) is 13.8 Å². The van der Waals surface area contributed by atoms with E-state index in [0.29, 0.717) is 18.0 Å². The Morgan fingerprint density at radius 2 is 2.08 bits per heavy atom. The van der Waals surface area contributed by atoms with Crippen molar-refractivity contribution in [3.8, 4) is 0 Å². The average molecular weight is 341 g/mol. The molecule has 0 bridgehead atoms. The lowest BCUT2D eigenvalue weighted by atomic mass is 9.99. The maximum atomic E-state index is 12.5. The number of aromatic nitrogens is 3. The molecule has 1 N–H and O–H groups in total. The molecule has 134 valence electrons. The first-order chi connectivity index (χ1) is 12.1. The molecule has 3 rings (SSSR count). The van der Waals surface area contributed by atoms with Crippen LogP contribution in [0.3, 0.4) is 0 Å². The molecule has 6 heteroatoms. The highest BCUT2D eigenvalue weighted by Gasteiger charge is 2.21. The van der Waals surface area contributed by atoms with E-state index >= 15 is 0 Å². The van der Waals surface area contributed by atoms with E-state index in [4.69, 9.17) is 0 Å². The third-order valence-corrected chi connectivity index (χ3v) is 4.87. The van der Waals surface area contributed by atoms with Gasteiger partial charge in [0.25, 0.3) is 5.91 Å². The molecule has 1 saturated heterocycles. The van der Waals surface area contributed by atoms with Gasteiger partial charge in [0.1, 0.15) is 5.82 Å². The summed E-state index contributed by atoms with van der Waals surface area (Å²) in [5, 5.41) is 7.75. The molecule has 0 radical (unpaired) electrons. The van der Waals surface area contributed by atoms with Gasteiger partial charge in [-0.15, -0.1) is 0 Å². The Kier molecular flexibility index (Phi) is 5.36. The molecule has 6 nitrogen and oxygen atoms in total. The molecular formula is C19H27N5O. The van der Waals surface area contributed by atoms with Crippen molar-refractivity contribution in [1.82, 2.24) is 19.7 Å². The zero-order valence-electron chi connectivity index (χ0n) is 15.3. The number of rotatable bonds is 5. The topological polar surface area (TPSA) is 63.1 Å². The minimum atomic E-state index is 0.0893. The molecule has 25 heavy (non-hydrogen) atoms. The largest absolute Gasteiger partial charge is 0.366 e. The van der Waals surface area contributed by atoms with E-state index in [1.165, 1.54) is 5.56 Å². The number of nitrogens with zero attached hydrogens (tertiary/aromatic N) is 4. The number of nitrogens with one attached hydrogen (secondary N) is 1. The highest BCUT2D eigenvalue weighted by Crippen LogP contribution is 2.18. The Bertz CT molecular complexity index is 714. The quantitative estimate of drug-likeness (QED) is 0.908. The zero-order valence-corrected chi connectivity index (χ0v) is 15.3. The number of hydrogen-bond donors (Lipinski definition) is 1. The van der Waals surface area contributed by atoms with Gasteiger partial charge >= 0.3 is 0 Å². The van der Waals surface area contributed by atoms with Crippen molar-refractivity contribution in [3.63, 3.8) is 0 Å². The Morgan fingerprint density at radius 1 is 1.32 bits per heavy atom. The van der Waals surface area contributed by atoms with E-state index in [9.17, 15) is 4.79 Å². The summed E-state index contributed by atoms with van der Waals surface area (Å²) in [5.41, 5.74) is 2.94. The van der Waals surface area contributed by atoms with Crippen LogP contribution in [-0.4, -0.2) is 38.7 Å². The van der Waals surface area contributed by atoms with Gasteiger partial charge in [0, 0.05) is 44.6 Å². The number of anilines is 1. The van der Waals surface area contributed by atoms with Crippen LogP contribution in [0.4, 0.5) is 5.82 Å². The maximum absolute atomic E-state index is 12.5. The van der Waals surface area contributed by atoms with Crippen molar-refractivity contribution in [1.29, 1.82) is 0 Å². The van der Waals surface area contributed by atoms with Crippen molar-refractivity contribution < 1.29 is 4.79 Å². The highest BCUT2D eigenvalue weighted by molar-refractivity contribution is 5.94. The number of aryl methyl sites for hydroxylation is 2. The third-order valence-electron chi connectivity index (χ3n) is 4.87. The fraction of sp³-hybridized carbons (Fsp3) is 0.526. The molecule has 2 aromatic heterocycles. The number of amides is 1. The molecule has 1 fully saturated rings. The minimum absolute atomic E-state index is 0.0893. The Labute approximate surface area is 149 Å². The first-order valence-electron chi connectivity index (χ1n) is 9.07. The minimum Gasteiger partial charge on any atom is -0.366 e. The molecule has 1 aliphatic rings. The summed E-state index contributed by atoms with van der Waals surface area (Å²) in [7, 11) is 1.93. The van der Waals surface area contributed by atoms with Crippen LogP contribution in [0.5, 0.6) is 0 Å². The van der Waals surface area contributed by atoms with Crippen LogP contribution < -0.4 is 5.32 Å². The van der Waals surface area contributed by atoms with Crippen LogP contribution in [0, 0.1) is 5.92 Å². The first kappa shape index (κ1) is 17.5. The van der Waals surface area contributed by atoms with Gasteiger partial charge in [0.05, 0.1) is 11.3 Å². The van der Waals surface area contributed by atoms with Crippen LogP contribution in [0.1, 0.15) is 48.3 Å². The van der Waals surface area contributed by atoms with Gasteiger partial charge in [0.15, 0.2) is 0 Å². The summed E-state index contributed by atoms with van der Waals surface area (Å²) < 4.78 is 1.84. The fourth-order valence-electron chi connectivity index (χ4n) is 3.23. The lowest BCUT2D eigenvalue weighted by Gasteiger charge is -2.30. The van der Waals surface area contributed by atoms with E-state index in [1.807, 2.05) is 35.0 Å². The molecule has 0 spiro atoms. The Balaban J connectivity index is 1.59. The van der Waals surface area contributed by atoms with Crippen LogP contribution in [-0.2, 0) is 20.0 Å². The van der Waals surface area contributed by atoms with Gasteiger partial charge in [0.2, 0.25) is 0 Å². The van der Waals surface area contributed by atoms with Crippen molar-refractivity contribution in [2.24, 2.45) is 13.0 Å². The Hall–Kier alpha value is -2.37. The normalized spacial score (nSPS) is 15.4. The third kappa shape index (κ3) is 4.18. The number of piperidine rings is 1. The van der Waals surface area contributed by atoms with Crippen molar-refractivity contribution in [2.75, 3.05) is 18.4 Å². The summed E-state index contributed by atoms with van der Waals surface area (Å²) in [6.07, 6.45) is 6.79. The lowest BCUT2D eigenvalue weighted by Crippen LogP contribution is -2.37. The predicted molar refractivity (Wildman–Crippen MR) is 98.5 cm³/mol. The van der Waals surface area contributed by atoms with Gasteiger partial charge in [-0.05, 0) is 37.3 Å². The molecule has 3 heterocycles. The van der Waals surface area contributed by atoms with Crippen molar-refractivity contribution in [3.05, 3.63) is 41.3 Å². The van der Waals surface area contributed by atoms with E-state index in [1.54, 1.807) is 6.20 Å². The second-order valence-corrected chi connectivity index (χ2v) is 6.89. The molecule has 0 unspecified atom stereocenters. The SMILES string of the molecule is CCc1nn(C)cc1CNc1ccc(C(=O)N2CCC(C)CC2)cn1. The molecular weight excluding hydrogens is 314 g/mol. The molecule has 2 aromatic rings. The molecule has 1 aliphatic heterocycles. The number of carbonyl (C=O) groups is 1. The zero-order chi connectivity index (χ0) is 17.8. The predicted octanol–water partition coefficient (Wildman–Crippen LogP) is 2.86. The van der Waals surface area contributed by atoms with E-state index in [-0.39, 0.29) is 5.91 Å². The number of hydrogen-bond acceptors (Lipinski definition) is 4. The second-order valence-electron chi connectivity index (χ2n) is 6.89. The molecule has 0 aliphatic carbocycles. The summed E-state index contributed by atoms with van der Waals surface area (Å²) in [6.45, 7) is 6.73. The molecule has 0 saturated carbocycles. The van der Waals surface area contributed by atoms with Gasteiger partial charge in [-0.25, -0.2) is 4.98 Å². The van der Waals surface area contributed by atoms with E-state index < -0.39 is 0 Å². The summed E-state index contributed by atoms with van der Waals surface area (Å²) in [4.78, 5) is 18.9. The van der Waals surface area contributed by atoms with Crippen LogP contribution >= 0.6 is 0 Å². The van der Waals surface area contributed by atoms with Crippen molar-refractivity contribution >= 4 is 11.7 Å². The first-order valence-corrected chi connectivity index (χ1v) is 9.07. The average Bonchev–Trinajstić information content (AvgIpc) is 3.00. The van der Waals surface area contributed by atoms with Crippen LogP contribution in [0.25, 0.3) is 0 Å². The molecule has 0 aromatic carbocycles. The second kappa shape index (κ2) is 7.68. The summed E-state index contributed by atoms with van der Waals surface area (Å²) >= 11 is 0. The van der Waals surface area contributed by atoms with Gasteiger partial charge < -0.3 is 10.2 Å². The standard InChI is InChI=1S/C19H27N5O/c1-4-17-16(13-23(3)22-17)12-21-18-6-5-15(11-20-18)19(25)24-9-7-14(2)8-10-24/h5-6,11,13-14H,4,7-10,12H2,1-3H3,(H,20,21). The monoisotopic (exact) mass is 341 g/mol. The van der Waals surface area contributed by atoms with Gasteiger partial charge in [-0.2, -0.15) is 5.10 Å². The molecule has 1 amide bonds. The molecule has 0 atom stereocenters. The summed E-state index contributed by atoms with van der Waals surface area (Å²) in [5.74, 6) is 1.58. The fourth-order valence-corrected chi connectivity index (χ4v) is 3.23. The maximum Gasteiger partial charge on any atom is 0.255 e. The smallest absolute Gasteiger partial charge is 0.255 e. The lowest BCUT2D eigenvalue weighted by molar-refractivity contribution is 0.0697. The highest BCUT2D eigenvalue weighted by atomic mass is 16.2. The number of pyridine rings is 1. The van der Waals surface area contributed by atoms with Crippen LogP contribution in [0.15, 0.2) is 24.5 Å². The number of carbonyl (C=O) groups excluding carboxylic acids is 1. The van der Waals surface area contributed by atoms with Crippen LogP contribution in [0.2, 0.25) is 0 Å².